The molecule has 0 fully saturated rings. The third-order valence-electron chi connectivity index (χ3n) is 3.16. The van der Waals surface area contributed by atoms with E-state index in [2.05, 4.69) is 26.0 Å². The summed E-state index contributed by atoms with van der Waals surface area (Å²) in [6.07, 6.45) is 1.29. The maximum Gasteiger partial charge on any atom is 0.272 e. The number of nitrogens with zero attached hydrogens (tertiary/aromatic N) is 1. The molecule has 0 saturated heterocycles. The topological polar surface area (TPSA) is 80.2 Å². The van der Waals surface area contributed by atoms with Crippen LogP contribution >= 0.6 is 15.9 Å². The summed E-state index contributed by atoms with van der Waals surface area (Å²) in [4.78, 5) is 12.3. The molecule has 0 bridgehead atoms. The Labute approximate surface area is 152 Å². The number of carbonyl (C=O) groups excluding carboxylic acids is 1. The van der Waals surface area contributed by atoms with E-state index in [4.69, 9.17) is 0 Å². The van der Waals surface area contributed by atoms with Crippen molar-refractivity contribution in [2.45, 2.75) is 24.8 Å². The third kappa shape index (κ3) is 4.44. The quantitative estimate of drug-likeness (QED) is 0.708. The van der Waals surface area contributed by atoms with E-state index in [9.17, 15) is 22.0 Å². The molecule has 1 aromatic heterocycles. The molecular formula is C15H16BrF2N3O3S. The van der Waals surface area contributed by atoms with Crippen LogP contribution in [0.2, 0.25) is 0 Å². The van der Waals surface area contributed by atoms with Crippen LogP contribution in [0.1, 0.15) is 24.3 Å². The lowest BCUT2D eigenvalue weighted by Gasteiger charge is -2.07. The van der Waals surface area contributed by atoms with E-state index in [1.165, 1.54) is 29.9 Å². The van der Waals surface area contributed by atoms with Gasteiger partial charge in [-0.1, -0.05) is 0 Å². The molecule has 2 rings (SSSR count). The first-order valence-corrected chi connectivity index (χ1v) is 9.43. The van der Waals surface area contributed by atoms with Gasteiger partial charge in [0.05, 0.1) is 4.47 Å². The number of nitrogens with one attached hydrogen (secondary N) is 2. The molecule has 0 aliphatic carbocycles. The van der Waals surface area contributed by atoms with Gasteiger partial charge in [0, 0.05) is 31.0 Å². The SMILES string of the molecule is CC(C)NS(=O)(=O)c1cc(C(=O)Nc2cc(F)c(F)c(Br)c2)n(C)c1. The predicted octanol–water partition coefficient (Wildman–Crippen LogP) is 3.00. The van der Waals surface area contributed by atoms with Crippen LogP contribution in [-0.4, -0.2) is 24.9 Å². The summed E-state index contributed by atoms with van der Waals surface area (Å²) in [5, 5.41) is 2.40. The fourth-order valence-electron chi connectivity index (χ4n) is 2.11. The van der Waals surface area contributed by atoms with Gasteiger partial charge in [-0.05, 0) is 41.9 Å². The fourth-order valence-corrected chi connectivity index (χ4v) is 3.86. The number of halogens is 3. The fraction of sp³-hybridized carbons (Fsp3) is 0.267. The molecule has 0 unspecified atom stereocenters. The Morgan fingerprint density at radius 2 is 1.88 bits per heavy atom. The van der Waals surface area contributed by atoms with E-state index < -0.39 is 27.6 Å². The van der Waals surface area contributed by atoms with Gasteiger partial charge in [0.1, 0.15) is 10.6 Å². The van der Waals surface area contributed by atoms with Gasteiger partial charge in [-0.3, -0.25) is 4.79 Å². The molecule has 10 heteroatoms. The van der Waals surface area contributed by atoms with Crippen molar-refractivity contribution in [1.29, 1.82) is 0 Å². The molecule has 0 aliphatic rings. The molecule has 1 amide bonds. The lowest BCUT2D eigenvalue weighted by molar-refractivity contribution is 0.101. The molecule has 0 spiro atoms. The Kier molecular flexibility index (Phi) is 5.65. The van der Waals surface area contributed by atoms with Crippen molar-refractivity contribution in [1.82, 2.24) is 9.29 Å². The first-order valence-electron chi connectivity index (χ1n) is 7.16. The summed E-state index contributed by atoms with van der Waals surface area (Å²) in [7, 11) is -2.25. The number of sulfonamides is 1. The van der Waals surface area contributed by atoms with Crippen LogP contribution in [0, 0.1) is 11.6 Å². The monoisotopic (exact) mass is 435 g/mol. The van der Waals surface area contributed by atoms with Crippen molar-refractivity contribution in [3.05, 3.63) is 46.2 Å². The van der Waals surface area contributed by atoms with Gasteiger partial charge < -0.3 is 9.88 Å². The summed E-state index contributed by atoms with van der Waals surface area (Å²) in [5.74, 6) is -2.85. The van der Waals surface area contributed by atoms with E-state index in [0.717, 1.165) is 6.07 Å². The van der Waals surface area contributed by atoms with Crippen LogP contribution in [0.15, 0.2) is 33.8 Å². The normalized spacial score (nSPS) is 11.8. The number of carbonyl (C=O) groups is 1. The maximum atomic E-state index is 13.4. The number of anilines is 1. The van der Waals surface area contributed by atoms with Crippen LogP contribution in [-0.2, 0) is 17.1 Å². The number of hydrogen-bond acceptors (Lipinski definition) is 3. The lowest BCUT2D eigenvalue weighted by Crippen LogP contribution is -2.29. The average molecular weight is 436 g/mol. The van der Waals surface area contributed by atoms with Gasteiger partial charge in [-0.2, -0.15) is 0 Å². The molecular weight excluding hydrogens is 420 g/mol. The van der Waals surface area contributed by atoms with E-state index in [0.29, 0.717) is 0 Å². The zero-order valence-electron chi connectivity index (χ0n) is 13.6. The second kappa shape index (κ2) is 7.22. The largest absolute Gasteiger partial charge is 0.345 e. The second-order valence-electron chi connectivity index (χ2n) is 5.66. The standard InChI is InChI=1S/C15H16BrF2N3O3S/c1-8(2)20-25(23,24)10-6-13(21(3)7-10)15(22)19-9-4-11(16)14(18)12(17)5-9/h4-8,20H,1-3H3,(H,19,22). The molecule has 0 radical (unpaired) electrons. The number of aryl methyl sites for hydroxylation is 1. The Hall–Kier alpha value is -1.78. The van der Waals surface area contributed by atoms with Gasteiger partial charge >= 0.3 is 0 Å². The molecule has 6 nitrogen and oxygen atoms in total. The molecule has 2 N–H and O–H groups in total. The molecule has 0 aliphatic heterocycles. The van der Waals surface area contributed by atoms with Crippen molar-refractivity contribution in [2.75, 3.05) is 5.32 Å². The molecule has 2 aromatic rings. The van der Waals surface area contributed by atoms with E-state index in [1.807, 2.05) is 0 Å². The second-order valence-corrected chi connectivity index (χ2v) is 8.22. The molecule has 1 aromatic carbocycles. The Balaban J connectivity index is 2.29. The van der Waals surface area contributed by atoms with Crippen LogP contribution in [0.5, 0.6) is 0 Å². The van der Waals surface area contributed by atoms with Crippen molar-refractivity contribution in [3.63, 3.8) is 0 Å². The van der Waals surface area contributed by atoms with Gasteiger partial charge in [0.15, 0.2) is 11.6 Å². The summed E-state index contributed by atoms with van der Waals surface area (Å²) in [6.45, 7) is 3.35. The molecule has 25 heavy (non-hydrogen) atoms. The molecule has 1 heterocycles. The van der Waals surface area contributed by atoms with Crippen molar-refractivity contribution < 1.29 is 22.0 Å². The first kappa shape index (κ1) is 19.5. The number of rotatable bonds is 5. The van der Waals surface area contributed by atoms with Crippen molar-refractivity contribution >= 4 is 37.5 Å². The first-order chi connectivity index (χ1) is 11.5. The number of amides is 1. The molecule has 0 atom stereocenters. The van der Waals surface area contributed by atoms with Crippen LogP contribution in [0.4, 0.5) is 14.5 Å². The van der Waals surface area contributed by atoms with E-state index in [-0.39, 0.29) is 26.8 Å². The van der Waals surface area contributed by atoms with Crippen LogP contribution < -0.4 is 10.0 Å². The Bertz CT molecular complexity index is 903. The highest BCUT2D eigenvalue weighted by molar-refractivity contribution is 9.10. The highest BCUT2D eigenvalue weighted by Crippen LogP contribution is 2.24. The summed E-state index contributed by atoms with van der Waals surface area (Å²) in [6, 6.07) is 2.94. The van der Waals surface area contributed by atoms with Crippen LogP contribution in [0.25, 0.3) is 0 Å². The smallest absolute Gasteiger partial charge is 0.272 e. The van der Waals surface area contributed by atoms with Crippen molar-refractivity contribution in [2.24, 2.45) is 7.05 Å². The number of hydrogen-bond donors (Lipinski definition) is 2. The maximum absolute atomic E-state index is 13.4. The third-order valence-corrected chi connectivity index (χ3v) is 5.36. The van der Waals surface area contributed by atoms with Gasteiger partial charge in [-0.25, -0.2) is 21.9 Å². The minimum absolute atomic E-state index is 0.0293. The number of aromatic nitrogens is 1. The summed E-state index contributed by atoms with van der Waals surface area (Å²) in [5.41, 5.74) is 0.0756. The lowest BCUT2D eigenvalue weighted by atomic mass is 10.3. The zero-order chi connectivity index (χ0) is 18.9. The zero-order valence-corrected chi connectivity index (χ0v) is 16.0. The number of benzene rings is 1. The van der Waals surface area contributed by atoms with E-state index >= 15 is 0 Å². The molecule has 136 valence electrons. The van der Waals surface area contributed by atoms with Gasteiger partial charge in [0.2, 0.25) is 10.0 Å². The Morgan fingerprint density at radius 3 is 2.44 bits per heavy atom. The summed E-state index contributed by atoms with van der Waals surface area (Å²) >= 11 is 2.85. The minimum atomic E-state index is -3.75. The minimum Gasteiger partial charge on any atom is -0.345 e. The highest BCUT2D eigenvalue weighted by atomic mass is 79.9. The predicted molar refractivity (Wildman–Crippen MR) is 92.9 cm³/mol. The van der Waals surface area contributed by atoms with Gasteiger partial charge in [0.25, 0.3) is 5.91 Å². The summed E-state index contributed by atoms with van der Waals surface area (Å²) < 4.78 is 54.6. The van der Waals surface area contributed by atoms with Crippen LogP contribution in [0.3, 0.4) is 0 Å². The highest BCUT2D eigenvalue weighted by Gasteiger charge is 2.21. The van der Waals surface area contributed by atoms with Crippen molar-refractivity contribution in [3.8, 4) is 0 Å². The Morgan fingerprint density at radius 1 is 1.24 bits per heavy atom. The average Bonchev–Trinajstić information content (AvgIpc) is 2.86. The van der Waals surface area contributed by atoms with Gasteiger partial charge in [-0.15, -0.1) is 0 Å². The van der Waals surface area contributed by atoms with E-state index in [1.54, 1.807) is 13.8 Å². The molecule has 0 saturated carbocycles.